The Balaban J connectivity index is 2.43. The molecule has 5 heteroatoms. The van der Waals surface area contributed by atoms with Gasteiger partial charge in [0.15, 0.2) is 0 Å². The van der Waals surface area contributed by atoms with Gasteiger partial charge in [0.2, 0.25) is 11.4 Å². The number of carbonyl (C=O) groups excluding carboxylic acids is 1. The maximum absolute atomic E-state index is 12.6. The predicted molar refractivity (Wildman–Crippen MR) is 54.0 cm³/mol. The first kappa shape index (κ1) is 11.7. The van der Waals surface area contributed by atoms with Crippen LogP contribution in [-0.4, -0.2) is 12.0 Å². The van der Waals surface area contributed by atoms with Gasteiger partial charge in [-0.1, -0.05) is 30.3 Å². The lowest BCUT2D eigenvalue weighted by Crippen LogP contribution is -2.38. The molecule has 0 fully saturated rings. The zero-order valence-corrected chi connectivity index (χ0v) is 8.70. The van der Waals surface area contributed by atoms with Crippen LogP contribution in [0.5, 0.6) is 0 Å². The molecular weight excluding hydrogens is 233 g/mol. The topological polar surface area (TPSA) is 26.3 Å². The average Bonchev–Trinajstić information content (AvgIpc) is 2.60. The molecule has 90 valence electrons. The number of carbonyl (C=O) groups is 1. The molecule has 0 bridgehead atoms. The standard InChI is InChI=1S/C12H9F3O2/c13-12(14,15)8-11(10(16)6-7-17-11)9-4-2-1-3-5-9/h1-7H,8H2. The van der Waals surface area contributed by atoms with E-state index in [-0.39, 0.29) is 5.56 Å². The first-order chi connectivity index (χ1) is 7.94. The molecule has 0 spiro atoms. The smallest absolute Gasteiger partial charge is 0.393 e. The fourth-order valence-corrected chi connectivity index (χ4v) is 1.84. The van der Waals surface area contributed by atoms with Gasteiger partial charge in [0.25, 0.3) is 0 Å². The molecule has 17 heavy (non-hydrogen) atoms. The van der Waals surface area contributed by atoms with Crippen LogP contribution < -0.4 is 0 Å². The summed E-state index contributed by atoms with van der Waals surface area (Å²) in [6, 6.07) is 7.72. The molecule has 1 aromatic rings. The monoisotopic (exact) mass is 242 g/mol. The molecule has 0 saturated carbocycles. The number of hydrogen-bond acceptors (Lipinski definition) is 2. The van der Waals surface area contributed by atoms with Crippen LogP contribution in [0, 0.1) is 0 Å². The number of alkyl halides is 3. The molecule has 1 aromatic carbocycles. The van der Waals surface area contributed by atoms with Crippen molar-refractivity contribution in [2.45, 2.75) is 18.2 Å². The third kappa shape index (κ3) is 2.18. The SMILES string of the molecule is O=C1C=COC1(CC(F)(F)F)c1ccccc1. The van der Waals surface area contributed by atoms with E-state index >= 15 is 0 Å². The highest BCUT2D eigenvalue weighted by Gasteiger charge is 2.51. The van der Waals surface area contributed by atoms with Crippen LogP contribution in [0.25, 0.3) is 0 Å². The molecule has 0 N–H and O–H groups in total. The van der Waals surface area contributed by atoms with Crippen molar-refractivity contribution < 1.29 is 22.7 Å². The van der Waals surface area contributed by atoms with Crippen molar-refractivity contribution in [3.05, 3.63) is 48.2 Å². The third-order valence-corrected chi connectivity index (χ3v) is 2.58. The van der Waals surface area contributed by atoms with E-state index < -0.39 is 24.0 Å². The van der Waals surface area contributed by atoms with E-state index in [1.807, 2.05) is 0 Å². The summed E-state index contributed by atoms with van der Waals surface area (Å²) in [5.74, 6) is -0.680. The minimum atomic E-state index is -4.47. The number of benzene rings is 1. The second-order valence-corrected chi connectivity index (χ2v) is 3.77. The zero-order valence-electron chi connectivity index (χ0n) is 8.70. The Hall–Kier alpha value is -1.78. The Morgan fingerprint density at radius 2 is 1.82 bits per heavy atom. The number of halogens is 3. The van der Waals surface area contributed by atoms with E-state index in [4.69, 9.17) is 4.74 Å². The number of ether oxygens (including phenoxy) is 1. The number of rotatable bonds is 2. The normalized spacial score (nSPS) is 23.8. The summed E-state index contributed by atoms with van der Waals surface area (Å²) in [6.07, 6.45) is -3.76. The first-order valence-corrected chi connectivity index (χ1v) is 4.95. The Kier molecular flexibility index (Phi) is 2.69. The van der Waals surface area contributed by atoms with Crippen LogP contribution in [0.1, 0.15) is 12.0 Å². The molecule has 0 aliphatic carbocycles. The zero-order chi connectivity index (χ0) is 12.5. The largest absolute Gasteiger partial charge is 0.481 e. The number of hydrogen-bond donors (Lipinski definition) is 0. The minimum absolute atomic E-state index is 0.215. The van der Waals surface area contributed by atoms with Gasteiger partial charge in [0, 0.05) is 11.6 Å². The van der Waals surface area contributed by atoms with E-state index in [1.165, 1.54) is 12.1 Å². The summed E-state index contributed by atoms with van der Waals surface area (Å²) in [4.78, 5) is 11.7. The van der Waals surface area contributed by atoms with Gasteiger partial charge in [-0.2, -0.15) is 13.2 Å². The van der Waals surface area contributed by atoms with E-state index in [0.717, 1.165) is 12.3 Å². The van der Waals surface area contributed by atoms with Gasteiger partial charge in [-0.25, -0.2) is 0 Å². The molecule has 2 rings (SSSR count). The molecule has 0 saturated heterocycles. The van der Waals surface area contributed by atoms with Crippen molar-refractivity contribution in [1.82, 2.24) is 0 Å². The van der Waals surface area contributed by atoms with Gasteiger partial charge in [-0.15, -0.1) is 0 Å². The van der Waals surface area contributed by atoms with Crippen molar-refractivity contribution in [1.29, 1.82) is 0 Å². The Bertz CT molecular complexity index is 451. The molecule has 1 aliphatic rings. The highest BCUT2D eigenvalue weighted by Crippen LogP contribution is 2.41. The highest BCUT2D eigenvalue weighted by molar-refractivity contribution is 5.99. The van der Waals surface area contributed by atoms with Crippen LogP contribution in [0.3, 0.4) is 0 Å². The lowest BCUT2D eigenvalue weighted by Gasteiger charge is -2.28. The van der Waals surface area contributed by atoms with E-state index in [9.17, 15) is 18.0 Å². The van der Waals surface area contributed by atoms with E-state index in [2.05, 4.69) is 0 Å². The highest BCUT2D eigenvalue weighted by atomic mass is 19.4. The summed E-state index contributed by atoms with van der Waals surface area (Å²) < 4.78 is 42.6. The molecule has 1 aliphatic heterocycles. The van der Waals surface area contributed by atoms with Crippen molar-refractivity contribution in [2.24, 2.45) is 0 Å². The van der Waals surface area contributed by atoms with Crippen molar-refractivity contribution >= 4 is 5.78 Å². The minimum Gasteiger partial charge on any atom is -0.481 e. The Morgan fingerprint density at radius 1 is 1.18 bits per heavy atom. The fourth-order valence-electron chi connectivity index (χ4n) is 1.84. The molecular formula is C12H9F3O2. The van der Waals surface area contributed by atoms with E-state index in [0.29, 0.717) is 0 Å². The van der Waals surface area contributed by atoms with Crippen LogP contribution >= 0.6 is 0 Å². The Morgan fingerprint density at radius 3 is 2.29 bits per heavy atom. The molecule has 0 amide bonds. The van der Waals surface area contributed by atoms with Crippen molar-refractivity contribution in [3.8, 4) is 0 Å². The van der Waals surface area contributed by atoms with Gasteiger partial charge >= 0.3 is 6.18 Å². The van der Waals surface area contributed by atoms with Gasteiger partial charge in [-0.3, -0.25) is 4.79 Å². The Labute approximate surface area is 95.7 Å². The van der Waals surface area contributed by atoms with Crippen molar-refractivity contribution in [2.75, 3.05) is 0 Å². The second kappa shape index (κ2) is 3.91. The van der Waals surface area contributed by atoms with Gasteiger partial charge in [0.05, 0.1) is 12.7 Å². The maximum atomic E-state index is 12.6. The van der Waals surface area contributed by atoms with Crippen LogP contribution in [0.15, 0.2) is 42.7 Å². The molecule has 1 unspecified atom stereocenters. The lowest BCUT2D eigenvalue weighted by molar-refractivity contribution is -0.181. The van der Waals surface area contributed by atoms with Crippen LogP contribution in [0.2, 0.25) is 0 Å². The first-order valence-electron chi connectivity index (χ1n) is 4.95. The molecule has 0 aromatic heterocycles. The summed E-state index contributed by atoms with van der Waals surface area (Å²) in [7, 11) is 0. The van der Waals surface area contributed by atoms with Gasteiger partial charge in [-0.05, 0) is 0 Å². The molecule has 2 nitrogen and oxygen atoms in total. The molecule has 0 radical (unpaired) electrons. The number of ketones is 1. The molecule has 1 atom stereocenters. The predicted octanol–water partition coefficient (Wildman–Crippen LogP) is 2.95. The quantitative estimate of drug-likeness (QED) is 0.797. The van der Waals surface area contributed by atoms with E-state index in [1.54, 1.807) is 18.2 Å². The van der Waals surface area contributed by atoms with Gasteiger partial charge in [0.1, 0.15) is 0 Å². The summed E-state index contributed by atoms with van der Waals surface area (Å²) >= 11 is 0. The molecule has 1 heterocycles. The average molecular weight is 242 g/mol. The lowest BCUT2D eigenvalue weighted by atomic mass is 9.87. The van der Waals surface area contributed by atoms with Crippen LogP contribution in [0.4, 0.5) is 13.2 Å². The summed E-state index contributed by atoms with van der Waals surface area (Å²) in [6.45, 7) is 0. The van der Waals surface area contributed by atoms with Crippen molar-refractivity contribution in [3.63, 3.8) is 0 Å². The second-order valence-electron chi connectivity index (χ2n) is 3.77. The summed E-state index contributed by atoms with van der Waals surface area (Å²) in [5, 5.41) is 0. The summed E-state index contributed by atoms with van der Waals surface area (Å²) in [5.41, 5.74) is -1.73. The van der Waals surface area contributed by atoms with Gasteiger partial charge < -0.3 is 4.74 Å². The van der Waals surface area contributed by atoms with Crippen LogP contribution in [-0.2, 0) is 15.1 Å². The maximum Gasteiger partial charge on any atom is 0.393 e. The third-order valence-electron chi connectivity index (χ3n) is 2.58. The fraction of sp³-hybridized carbons (Fsp3) is 0.250.